The number of aromatic nitrogens is 1. The van der Waals surface area contributed by atoms with E-state index in [-0.39, 0.29) is 5.76 Å². The number of hydrogen-bond donors (Lipinski definition) is 1. The molecule has 0 amide bonds. The quantitative estimate of drug-likeness (QED) is 0.839. The van der Waals surface area contributed by atoms with Crippen LogP contribution in [-0.4, -0.2) is 18.1 Å². The van der Waals surface area contributed by atoms with Crippen molar-refractivity contribution in [1.29, 1.82) is 0 Å². The van der Waals surface area contributed by atoms with Crippen LogP contribution in [-0.2, 0) is 11.3 Å². The molecule has 1 N–H and O–H groups in total. The van der Waals surface area contributed by atoms with Crippen LogP contribution in [0.2, 0.25) is 0 Å². The summed E-state index contributed by atoms with van der Waals surface area (Å²) in [4.78, 5) is 15.4. The molecule has 18 heavy (non-hydrogen) atoms. The number of nitrogens with one attached hydrogen (secondary N) is 1. The van der Waals surface area contributed by atoms with Gasteiger partial charge in [-0.25, -0.2) is 4.79 Å². The molecule has 0 aliphatic heterocycles. The highest BCUT2D eigenvalue weighted by Crippen LogP contribution is 2.14. The van der Waals surface area contributed by atoms with Gasteiger partial charge in [-0.05, 0) is 31.2 Å². The van der Waals surface area contributed by atoms with Crippen LogP contribution in [0.3, 0.4) is 0 Å². The fourth-order valence-corrected chi connectivity index (χ4v) is 1.54. The molecule has 0 saturated carbocycles. The third-order valence-electron chi connectivity index (χ3n) is 2.51. The van der Waals surface area contributed by atoms with Crippen LogP contribution < -0.4 is 5.32 Å². The Hall–Kier alpha value is -2.30. The lowest BCUT2D eigenvalue weighted by Gasteiger charge is -2.06. The van der Waals surface area contributed by atoms with Gasteiger partial charge in [0.1, 0.15) is 5.76 Å². The van der Waals surface area contributed by atoms with Crippen LogP contribution in [0.4, 0.5) is 5.69 Å². The molecule has 0 aromatic carbocycles. The smallest absolute Gasteiger partial charge is 0.373 e. The molecule has 2 rings (SSSR count). The molecule has 5 heteroatoms. The van der Waals surface area contributed by atoms with E-state index in [1.54, 1.807) is 18.3 Å². The standard InChI is InChI=1S/C13H14N2O3/c1-9-11(4-3-7-14-9)15-8-10-5-6-12(18-10)13(16)17-2/h3-7,15H,8H2,1-2H3. The van der Waals surface area contributed by atoms with Gasteiger partial charge in [0, 0.05) is 6.20 Å². The van der Waals surface area contributed by atoms with E-state index < -0.39 is 5.97 Å². The minimum absolute atomic E-state index is 0.206. The number of nitrogens with zero attached hydrogens (tertiary/aromatic N) is 1. The zero-order valence-corrected chi connectivity index (χ0v) is 10.3. The van der Waals surface area contributed by atoms with Crippen LogP contribution in [0.1, 0.15) is 22.0 Å². The lowest BCUT2D eigenvalue weighted by atomic mass is 10.3. The van der Waals surface area contributed by atoms with Crippen molar-refractivity contribution in [1.82, 2.24) is 4.98 Å². The molecule has 2 heterocycles. The van der Waals surface area contributed by atoms with E-state index >= 15 is 0 Å². The largest absolute Gasteiger partial charge is 0.463 e. The van der Waals surface area contributed by atoms with Crippen molar-refractivity contribution in [3.63, 3.8) is 0 Å². The number of ether oxygens (including phenoxy) is 1. The first kappa shape index (κ1) is 12.2. The molecule has 0 aliphatic rings. The van der Waals surface area contributed by atoms with Gasteiger partial charge >= 0.3 is 5.97 Å². The van der Waals surface area contributed by atoms with Crippen LogP contribution in [0.5, 0.6) is 0 Å². The molecular weight excluding hydrogens is 232 g/mol. The number of carbonyl (C=O) groups excluding carboxylic acids is 1. The second-order valence-electron chi connectivity index (χ2n) is 3.75. The van der Waals surface area contributed by atoms with Crippen molar-refractivity contribution >= 4 is 11.7 Å². The van der Waals surface area contributed by atoms with E-state index in [9.17, 15) is 4.79 Å². The van der Waals surface area contributed by atoms with Gasteiger partial charge in [-0.2, -0.15) is 0 Å². The second kappa shape index (κ2) is 5.35. The molecule has 0 unspecified atom stereocenters. The third-order valence-corrected chi connectivity index (χ3v) is 2.51. The summed E-state index contributed by atoms with van der Waals surface area (Å²) in [5.41, 5.74) is 1.85. The highest BCUT2D eigenvalue weighted by Gasteiger charge is 2.10. The molecule has 2 aromatic heterocycles. The first-order chi connectivity index (χ1) is 8.70. The zero-order valence-electron chi connectivity index (χ0n) is 10.3. The summed E-state index contributed by atoms with van der Waals surface area (Å²) in [6, 6.07) is 7.13. The maximum Gasteiger partial charge on any atom is 0.373 e. The van der Waals surface area contributed by atoms with Gasteiger partial charge in [0.05, 0.1) is 25.0 Å². The fraction of sp³-hybridized carbons (Fsp3) is 0.231. The molecular formula is C13H14N2O3. The van der Waals surface area contributed by atoms with Crippen molar-refractivity contribution in [3.05, 3.63) is 47.7 Å². The number of anilines is 1. The fourth-order valence-electron chi connectivity index (χ4n) is 1.54. The monoisotopic (exact) mass is 246 g/mol. The molecule has 0 radical (unpaired) electrons. The molecule has 0 aliphatic carbocycles. The molecule has 0 spiro atoms. The molecule has 0 bridgehead atoms. The maximum absolute atomic E-state index is 11.2. The highest BCUT2D eigenvalue weighted by molar-refractivity contribution is 5.86. The van der Waals surface area contributed by atoms with E-state index in [0.29, 0.717) is 12.3 Å². The van der Waals surface area contributed by atoms with Gasteiger partial charge in [-0.3, -0.25) is 4.98 Å². The van der Waals surface area contributed by atoms with Crippen LogP contribution in [0.25, 0.3) is 0 Å². The predicted octanol–water partition coefficient (Wildman–Crippen LogP) is 2.38. The predicted molar refractivity (Wildman–Crippen MR) is 66.3 cm³/mol. The number of aryl methyl sites for hydroxylation is 1. The van der Waals surface area contributed by atoms with Crippen LogP contribution in [0.15, 0.2) is 34.9 Å². The summed E-state index contributed by atoms with van der Waals surface area (Å²) < 4.78 is 9.91. The van der Waals surface area contributed by atoms with Gasteiger partial charge in [0.2, 0.25) is 5.76 Å². The van der Waals surface area contributed by atoms with E-state index in [0.717, 1.165) is 11.4 Å². The Morgan fingerprint density at radius 1 is 1.44 bits per heavy atom. The molecule has 0 fully saturated rings. The van der Waals surface area contributed by atoms with Gasteiger partial charge in [-0.15, -0.1) is 0 Å². The summed E-state index contributed by atoms with van der Waals surface area (Å²) in [6.07, 6.45) is 1.74. The van der Waals surface area contributed by atoms with E-state index in [1.807, 2.05) is 19.1 Å². The van der Waals surface area contributed by atoms with Gasteiger partial charge < -0.3 is 14.5 Å². The van der Waals surface area contributed by atoms with E-state index in [1.165, 1.54) is 7.11 Å². The van der Waals surface area contributed by atoms with Gasteiger partial charge in [0.15, 0.2) is 0 Å². The van der Waals surface area contributed by atoms with Gasteiger partial charge in [0.25, 0.3) is 0 Å². The molecule has 0 saturated heterocycles. The summed E-state index contributed by atoms with van der Waals surface area (Å²) in [6.45, 7) is 2.41. The van der Waals surface area contributed by atoms with E-state index in [4.69, 9.17) is 4.42 Å². The Labute approximate surface area is 105 Å². The normalized spacial score (nSPS) is 10.1. The van der Waals surface area contributed by atoms with Crippen LogP contribution in [0, 0.1) is 6.92 Å². The average Bonchev–Trinajstić information content (AvgIpc) is 2.86. The van der Waals surface area contributed by atoms with Gasteiger partial charge in [-0.1, -0.05) is 0 Å². The number of esters is 1. The van der Waals surface area contributed by atoms with E-state index in [2.05, 4.69) is 15.0 Å². The van der Waals surface area contributed by atoms with Crippen molar-refractivity contribution in [2.45, 2.75) is 13.5 Å². The maximum atomic E-state index is 11.2. The SMILES string of the molecule is COC(=O)c1ccc(CNc2cccnc2C)o1. The highest BCUT2D eigenvalue weighted by atomic mass is 16.5. The summed E-state index contributed by atoms with van der Waals surface area (Å²) in [5, 5.41) is 3.19. The lowest BCUT2D eigenvalue weighted by Crippen LogP contribution is -2.01. The first-order valence-electron chi connectivity index (χ1n) is 5.53. The number of pyridine rings is 1. The lowest BCUT2D eigenvalue weighted by molar-refractivity contribution is 0.0563. The average molecular weight is 246 g/mol. The number of carbonyl (C=O) groups is 1. The minimum atomic E-state index is -0.473. The Bertz CT molecular complexity index is 549. The summed E-state index contributed by atoms with van der Waals surface area (Å²) in [7, 11) is 1.32. The summed E-state index contributed by atoms with van der Waals surface area (Å²) >= 11 is 0. The molecule has 0 atom stereocenters. The Morgan fingerprint density at radius 3 is 3.00 bits per heavy atom. The number of furan rings is 1. The Morgan fingerprint density at radius 2 is 2.28 bits per heavy atom. The van der Waals surface area contributed by atoms with Crippen molar-refractivity contribution in [3.8, 4) is 0 Å². The van der Waals surface area contributed by atoms with Crippen LogP contribution >= 0.6 is 0 Å². The third kappa shape index (κ3) is 2.68. The number of rotatable bonds is 4. The molecule has 94 valence electrons. The summed E-state index contributed by atoms with van der Waals surface area (Å²) in [5.74, 6) is 0.398. The topological polar surface area (TPSA) is 64.4 Å². The Balaban J connectivity index is 2.01. The Kier molecular flexibility index (Phi) is 3.62. The number of hydrogen-bond acceptors (Lipinski definition) is 5. The molecule has 5 nitrogen and oxygen atoms in total. The zero-order chi connectivity index (χ0) is 13.0. The first-order valence-corrected chi connectivity index (χ1v) is 5.53. The second-order valence-corrected chi connectivity index (χ2v) is 3.75. The molecule has 2 aromatic rings. The van der Waals surface area contributed by atoms with Crippen molar-refractivity contribution < 1.29 is 13.9 Å². The number of methoxy groups -OCH3 is 1. The minimum Gasteiger partial charge on any atom is -0.463 e. The van der Waals surface area contributed by atoms with Crippen molar-refractivity contribution in [2.75, 3.05) is 12.4 Å². The van der Waals surface area contributed by atoms with Crippen molar-refractivity contribution in [2.24, 2.45) is 0 Å².